The minimum atomic E-state index is 0.0989. The highest BCUT2D eigenvalue weighted by atomic mass is 16.1. The molecule has 0 saturated carbocycles. The summed E-state index contributed by atoms with van der Waals surface area (Å²) in [4.78, 5) is 10.9. The van der Waals surface area contributed by atoms with Gasteiger partial charge in [-0.05, 0) is 11.8 Å². The van der Waals surface area contributed by atoms with E-state index < -0.39 is 0 Å². The van der Waals surface area contributed by atoms with Gasteiger partial charge in [-0.25, -0.2) is 0 Å². The first-order chi connectivity index (χ1) is 6.02. The lowest BCUT2D eigenvalue weighted by Gasteiger charge is -2.22. The molecule has 0 aromatic rings. The minimum absolute atomic E-state index is 0.0989. The van der Waals surface area contributed by atoms with E-state index in [1.807, 2.05) is 0 Å². The molecular weight excluding hydrogens is 164 g/mol. The van der Waals surface area contributed by atoms with Crippen molar-refractivity contribution in [2.75, 3.05) is 20.1 Å². The molecule has 0 aromatic heterocycles. The lowest BCUT2D eigenvalue weighted by atomic mass is 9.90. The second-order valence-electron chi connectivity index (χ2n) is 4.12. The molecule has 78 valence electrons. The van der Waals surface area contributed by atoms with Crippen LogP contribution in [-0.4, -0.2) is 26.0 Å². The Morgan fingerprint density at radius 3 is 2.46 bits per heavy atom. The molecule has 1 amide bonds. The zero-order valence-electron chi connectivity index (χ0n) is 9.24. The number of carbonyl (C=O) groups excluding carboxylic acids is 1. The molecule has 0 radical (unpaired) electrons. The molecule has 0 saturated heterocycles. The Morgan fingerprint density at radius 2 is 2.00 bits per heavy atom. The molecule has 0 rings (SSSR count). The van der Waals surface area contributed by atoms with Crippen LogP contribution in [0, 0.1) is 5.41 Å². The fourth-order valence-electron chi connectivity index (χ4n) is 0.879. The van der Waals surface area contributed by atoms with Crippen LogP contribution in [0.5, 0.6) is 0 Å². The van der Waals surface area contributed by atoms with Gasteiger partial charge in [0.05, 0.1) is 0 Å². The summed E-state index contributed by atoms with van der Waals surface area (Å²) in [7, 11) is 1.66. The quantitative estimate of drug-likeness (QED) is 0.611. The van der Waals surface area contributed by atoms with Crippen molar-refractivity contribution >= 4 is 5.91 Å². The van der Waals surface area contributed by atoms with E-state index >= 15 is 0 Å². The first kappa shape index (κ1) is 12.4. The highest BCUT2D eigenvalue weighted by Gasteiger charge is 2.13. The molecule has 3 nitrogen and oxygen atoms in total. The molecule has 3 heteroatoms. The van der Waals surface area contributed by atoms with Gasteiger partial charge < -0.3 is 10.6 Å². The van der Waals surface area contributed by atoms with Gasteiger partial charge in [-0.3, -0.25) is 4.79 Å². The molecule has 0 aromatic carbocycles. The number of rotatable bonds is 6. The van der Waals surface area contributed by atoms with Crippen molar-refractivity contribution < 1.29 is 4.79 Å². The molecule has 0 fully saturated rings. The van der Waals surface area contributed by atoms with Gasteiger partial charge in [0.1, 0.15) is 0 Å². The summed E-state index contributed by atoms with van der Waals surface area (Å²) in [6, 6.07) is 0. The van der Waals surface area contributed by atoms with Gasteiger partial charge in [0.25, 0.3) is 0 Å². The number of hydrogen-bond acceptors (Lipinski definition) is 2. The molecule has 0 aliphatic carbocycles. The third-order valence-corrected chi connectivity index (χ3v) is 2.37. The van der Waals surface area contributed by atoms with Crippen LogP contribution in [0.2, 0.25) is 0 Å². The normalized spacial score (nSPS) is 11.4. The van der Waals surface area contributed by atoms with Crippen molar-refractivity contribution in [3.05, 3.63) is 0 Å². The smallest absolute Gasteiger partial charge is 0.221 e. The maximum atomic E-state index is 10.9. The minimum Gasteiger partial charge on any atom is -0.359 e. The molecule has 0 bridgehead atoms. The van der Waals surface area contributed by atoms with Crippen molar-refractivity contribution in [3.63, 3.8) is 0 Å². The van der Waals surface area contributed by atoms with Crippen LogP contribution < -0.4 is 10.6 Å². The maximum absolute atomic E-state index is 10.9. The fraction of sp³-hybridized carbons (Fsp3) is 0.900. The van der Waals surface area contributed by atoms with Gasteiger partial charge in [-0.15, -0.1) is 0 Å². The van der Waals surface area contributed by atoms with E-state index in [4.69, 9.17) is 0 Å². The average molecular weight is 186 g/mol. The largest absolute Gasteiger partial charge is 0.359 e. The van der Waals surface area contributed by atoms with Crippen molar-refractivity contribution in [1.29, 1.82) is 0 Å². The second-order valence-corrected chi connectivity index (χ2v) is 4.12. The average Bonchev–Trinajstić information content (AvgIpc) is 2.12. The molecule has 0 aliphatic rings. The second kappa shape index (κ2) is 5.97. The summed E-state index contributed by atoms with van der Waals surface area (Å²) in [5.41, 5.74) is 0.336. The standard InChI is InChI=1S/C10H22N2O/c1-5-10(2,3)8-12-7-6-9(13)11-4/h12H,5-8H2,1-4H3,(H,11,13). The zero-order chi connectivity index (χ0) is 10.3. The molecule has 0 aliphatic heterocycles. The van der Waals surface area contributed by atoms with Gasteiger partial charge >= 0.3 is 0 Å². The summed E-state index contributed by atoms with van der Waals surface area (Å²) in [5.74, 6) is 0.0989. The van der Waals surface area contributed by atoms with Gasteiger partial charge in [0.15, 0.2) is 0 Å². The highest BCUT2D eigenvalue weighted by Crippen LogP contribution is 2.17. The Balaban J connectivity index is 3.41. The molecule has 13 heavy (non-hydrogen) atoms. The SMILES string of the molecule is CCC(C)(C)CNCCC(=O)NC. The topological polar surface area (TPSA) is 41.1 Å². The van der Waals surface area contributed by atoms with Crippen LogP contribution in [0.25, 0.3) is 0 Å². The zero-order valence-corrected chi connectivity index (χ0v) is 9.24. The third-order valence-electron chi connectivity index (χ3n) is 2.37. The Morgan fingerprint density at radius 1 is 1.38 bits per heavy atom. The van der Waals surface area contributed by atoms with Crippen LogP contribution in [0.3, 0.4) is 0 Å². The first-order valence-corrected chi connectivity index (χ1v) is 4.93. The van der Waals surface area contributed by atoms with Crippen LogP contribution >= 0.6 is 0 Å². The van der Waals surface area contributed by atoms with Crippen LogP contribution in [0.4, 0.5) is 0 Å². The fourth-order valence-corrected chi connectivity index (χ4v) is 0.879. The van der Waals surface area contributed by atoms with E-state index in [0.717, 1.165) is 19.5 Å². The van der Waals surface area contributed by atoms with Crippen molar-refractivity contribution in [2.24, 2.45) is 5.41 Å². The van der Waals surface area contributed by atoms with Crippen LogP contribution in [-0.2, 0) is 4.79 Å². The van der Waals surface area contributed by atoms with E-state index in [0.29, 0.717) is 11.8 Å². The summed E-state index contributed by atoms with van der Waals surface area (Å²) in [6.07, 6.45) is 1.72. The number of hydrogen-bond donors (Lipinski definition) is 2. The Hall–Kier alpha value is -0.570. The van der Waals surface area contributed by atoms with Gasteiger partial charge in [-0.2, -0.15) is 0 Å². The lowest BCUT2D eigenvalue weighted by molar-refractivity contribution is -0.120. The summed E-state index contributed by atoms with van der Waals surface area (Å²) in [6.45, 7) is 8.36. The molecule has 0 atom stereocenters. The van der Waals surface area contributed by atoms with E-state index in [1.54, 1.807) is 7.05 Å². The molecule has 0 unspecified atom stereocenters. The lowest BCUT2D eigenvalue weighted by Crippen LogP contribution is -2.32. The van der Waals surface area contributed by atoms with Gasteiger partial charge in [0, 0.05) is 26.6 Å². The van der Waals surface area contributed by atoms with Crippen molar-refractivity contribution in [2.45, 2.75) is 33.6 Å². The van der Waals surface area contributed by atoms with E-state index in [1.165, 1.54) is 0 Å². The third kappa shape index (κ3) is 6.58. The predicted octanol–water partition coefficient (Wildman–Crippen LogP) is 1.15. The first-order valence-electron chi connectivity index (χ1n) is 4.93. The number of amides is 1. The molecule has 0 heterocycles. The van der Waals surface area contributed by atoms with Crippen LogP contribution in [0.15, 0.2) is 0 Å². The van der Waals surface area contributed by atoms with E-state index in [2.05, 4.69) is 31.4 Å². The molecular formula is C10H22N2O. The van der Waals surface area contributed by atoms with Crippen LogP contribution in [0.1, 0.15) is 33.6 Å². The Labute approximate surface area is 81.3 Å². The van der Waals surface area contributed by atoms with Gasteiger partial charge in [0.2, 0.25) is 5.91 Å². The molecule has 2 N–H and O–H groups in total. The summed E-state index contributed by atoms with van der Waals surface area (Å²) in [5, 5.41) is 5.88. The van der Waals surface area contributed by atoms with Crippen molar-refractivity contribution in [1.82, 2.24) is 10.6 Å². The Kier molecular flexibility index (Phi) is 5.71. The van der Waals surface area contributed by atoms with E-state index in [-0.39, 0.29) is 5.91 Å². The highest BCUT2D eigenvalue weighted by molar-refractivity contribution is 5.75. The van der Waals surface area contributed by atoms with Gasteiger partial charge in [-0.1, -0.05) is 20.8 Å². The Bertz CT molecular complexity index is 155. The summed E-state index contributed by atoms with van der Waals surface area (Å²) < 4.78 is 0. The molecule has 0 spiro atoms. The predicted molar refractivity (Wildman–Crippen MR) is 55.6 cm³/mol. The summed E-state index contributed by atoms with van der Waals surface area (Å²) >= 11 is 0. The monoisotopic (exact) mass is 186 g/mol. The number of carbonyl (C=O) groups is 1. The van der Waals surface area contributed by atoms with E-state index in [9.17, 15) is 4.79 Å². The van der Waals surface area contributed by atoms with Crippen molar-refractivity contribution in [3.8, 4) is 0 Å². The number of nitrogens with one attached hydrogen (secondary N) is 2. The maximum Gasteiger partial charge on any atom is 0.221 e.